The van der Waals surface area contributed by atoms with Gasteiger partial charge in [-0.15, -0.1) is 0 Å². The third-order valence-corrected chi connectivity index (χ3v) is 1.99. The third-order valence-electron chi connectivity index (χ3n) is 1.99. The van der Waals surface area contributed by atoms with Crippen molar-refractivity contribution in [1.29, 1.82) is 0 Å². The quantitative estimate of drug-likeness (QED) is 0.526. The molecule has 0 bridgehead atoms. The van der Waals surface area contributed by atoms with Crippen LogP contribution in [0.5, 0.6) is 0 Å². The lowest BCUT2D eigenvalue weighted by Crippen LogP contribution is -2.14. The fourth-order valence-electron chi connectivity index (χ4n) is 1.42. The molecule has 0 aromatic carbocycles. The van der Waals surface area contributed by atoms with Crippen LogP contribution in [0.15, 0.2) is 22.4 Å². The Morgan fingerprint density at radius 1 is 1.25 bits per heavy atom. The molecule has 3 heteroatoms. The highest BCUT2D eigenvalue weighted by molar-refractivity contribution is 5.97. The number of hydrogen-bond acceptors (Lipinski definition) is 3. The van der Waals surface area contributed by atoms with Crippen LogP contribution in [-0.4, -0.2) is 11.2 Å². The summed E-state index contributed by atoms with van der Waals surface area (Å²) in [4.78, 5) is 12.6. The fraction of sp³-hybridized carbons (Fsp3) is 0. The zero-order chi connectivity index (χ0) is 7.97. The van der Waals surface area contributed by atoms with Gasteiger partial charge in [-0.3, -0.25) is 15.0 Å². The van der Waals surface area contributed by atoms with E-state index in [0.717, 1.165) is 22.0 Å². The normalized spacial score (nSPS) is 15.3. The highest BCUT2D eigenvalue weighted by Crippen LogP contribution is 2.15. The summed E-state index contributed by atoms with van der Waals surface area (Å²) in [6.07, 6.45) is 9.19. The third kappa shape index (κ3) is 0.580. The van der Waals surface area contributed by atoms with Gasteiger partial charge < -0.3 is 0 Å². The van der Waals surface area contributed by atoms with E-state index in [1.807, 2.05) is 12.2 Å². The van der Waals surface area contributed by atoms with Crippen LogP contribution in [-0.2, 0) is 0 Å². The van der Waals surface area contributed by atoms with Gasteiger partial charge in [-0.05, 0) is 12.2 Å². The number of aliphatic imine (C=N–C) groups is 1. The summed E-state index contributed by atoms with van der Waals surface area (Å²) in [6.45, 7) is 0. The maximum atomic E-state index is 4.22. The Kier molecular flexibility index (Phi) is 0.913. The predicted octanol–water partition coefficient (Wildman–Crippen LogP) is 0.182. The van der Waals surface area contributed by atoms with Crippen LogP contribution in [0.4, 0.5) is 5.69 Å². The van der Waals surface area contributed by atoms with E-state index in [1.165, 1.54) is 0 Å². The Labute approximate surface area is 68.5 Å². The minimum absolute atomic E-state index is 0.918. The van der Waals surface area contributed by atoms with E-state index in [9.17, 15) is 0 Å². The minimum atomic E-state index is 0.918. The molecule has 1 aromatic heterocycles. The fourth-order valence-corrected chi connectivity index (χ4v) is 1.42. The van der Waals surface area contributed by atoms with Gasteiger partial charge in [0.05, 0.1) is 22.6 Å². The molecule has 0 spiro atoms. The van der Waals surface area contributed by atoms with E-state index in [2.05, 4.69) is 15.0 Å². The van der Waals surface area contributed by atoms with Crippen molar-refractivity contribution < 1.29 is 0 Å². The Morgan fingerprint density at radius 2 is 2.25 bits per heavy atom. The topological polar surface area (TPSA) is 37.6 Å². The molecule has 0 atom stereocenters. The molecule has 56 valence electrons. The van der Waals surface area contributed by atoms with E-state index >= 15 is 0 Å². The van der Waals surface area contributed by atoms with Gasteiger partial charge in [0.25, 0.3) is 0 Å². The monoisotopic (exact) mass is 155 g/mol. The summed E-state index contributed by atoms with van der Waals surface area (Å²) in [5.41, 5.74) is 2.04. The maximum Gasteiger partial charge on any atom is 0.0981 e. The van der Waals surface area contributed by atoms with Gasteiger partial charge in [-0.1, -0.05) is 0 Å². The molecule has 3 heterocycles. The van der Waals surface area contributed by atoms with E-state index in [4.69, 9.17) is 0 Å². The van der Waals surface area contributed by atoms with Gasteiger partial charge in [0, 0.05) is 18.0 Å². The van der Waals surface area contributed by atoms with Crippen molar-refractivity contribution >= 4 is 24.1 Å². The van der Waals surface area contributed by atoms with E-state index < -0.39 is 0 Å². The van der Waals surface area contributed by atoms with Crippen molar-refractivity contribution in [1.82, 2.24) is 4.98 Å². The zero-order valence-corrected chi connectivity index (χ0v) is 6.23. The zero-order valence-electron chi connectivity index (χ0n) is 6.23. The minimum Gasteiger partial charge on any atom is -0.255 e. The van der Waals surface area contributed by atoms with Gasteiger partial charge >= 0.3 is 0 Å². The van der Waals surface area contributed by atoms with Crippen molar-refractivity contribution in [2.75, 3.05) is 0 Å². The van der Waals surface area contributed by atoms with E-state index in [-0.39, 0.29) is 0 Å². The Balaban J connectivity index is 2.57. The number of pyridine rings is 1. The summed E-state index contributed by atoms with van der Waals surface area (Å²) in [7, 11) is 0. The van der Waals surface area contributed by atoms with Crippen LogP contribution in [0.2, 0.25) is 0 Å². The van der Waals surface area contributed by atoms with Crippen LogP contribution < -0.4 is 10.7 Å². The first kappa shape index (κ1) is 5.83. The van der Waals surface area contributed by atoms with Gasteiger partial charge in [-0.2, -0.15) is 0 Å². The molecule has 2 aliphatic heterocycles. The average Bonchev–Trinajstić information content (AvgIpc) is 2.71. The van der Waals surface area contributed by atoms with Crippen molar-refractivity contribution in [2.24, 2.45) is 9.98 Å². The standard InChI is InChI=1S/C9H5N3/c1-3-10-8-5-12-7-2-4-11-9(7)6(1)8/h1-5H. The molecule has 0 amide bonds. The molecule has 0 saturated carbocycles. The molecule has 0 unspecified atom stereocenters. The van der Waals surface area contributed by atoms with Crippen LogP contribution in [0, 0.1) is 0 Å². The second kappa shape index (κ2) is 1.88. The molecule has 0 saturated heterocycles. The number of hydrogen-bond donors (Lipinski definition) is 0. The summed E-state index contributed by atoms with van der Waals surface area (Å²) >= 11 is 0. The second-order valence-electron chi connectivity index (χ2n) is 2.68. The summed E-state index contributed by atoms with van der Waals surface area (Å²) < 4.78 is 0. The van der Waals surface area contributed by atoms with Gasteiger partial charge in [-0.25, -0.2) is 0 Å². The summed E-state index contributed by atoms with van der Waals surface area (Å²) in [5.74, 6) is 0. The molecule has 3 rings (SSSR count). The van der Waals surface area contributed by atoms with Crippen LogP contribution in [0.25, 0.3) is 12.2 Å². The lowest BCUT2D eigenvalue weighted by Gasteiger charge is -1.93. The average molecular weight is 155 g/mol. The van der Waals surface area contributed by atoms with Gasteiger partial charge in [0.15, 0.2) is 0 Å². The summed E-state index contributed by atoms with van der Waals surface area (Å²) in [5, 5.41) is 1.86. The number of aromatic nitrogens is 1. The highest BCUT2D eigenvalue weighted by Gasteiger charge is 2.08. The molecule has 0 fully saturated rings. The van der Waals surface area contributed by atoms with Crippen LogP contribution >= 0.6 is 0 Å². The second-order valence-corrected chi connectivity index (χ2v) is 2.68. The van der Waals surface area contributed by atoms with Gasteiger partial charge in [0.2, 0.25) is 0 Å². The first-order valence-electron chi connectivity index (χ1n) is 3.73. The molecule has 2 aliphatic rings. The summed E-state index contributed by atoms with van der Waals surface area (Å²) in [6, 6.07) is 0. The maximum absolute atomic E-state index is 4.22. The Morgan fingerprint density at radius 3 is 3.25 bits per heavy atom. The van der Waals surface area contributed by atoms with Crippen molar-refractivity contribution in [2.45, 2.75) is 0 Å². The van der Waals surface area contributed by atoms with Gasteiger partial charge in [0.1, 0.15) is 0 Å². The molecule has 1 aromatic rings. The SMILES string of the molecule is C1=Cc2c3c(ncc2=N1)=CC=N3. The molecular formula is C9H5N3. The smallest absolute Gasteiger partial charge is 0.0981 e. The number of fused-ring (bicyclic) bond motifs is 3. The Bertz CT molecular complexity index is 474. The highest BCUT2D eigenvalue weighted by atomic mass is 14.8. The molecule has 3 nitrogen and oxygen atoms in total. The van der Waals surface area contributed by atoms with Crippen molar-refractivity contribution in [3.05, 3.63) is 28.7 Å². The van der Waals surface area contributed by atoms with Crippen molar-refractivity contribution in [3.8, 4) is 0 Å². The van der Waals surface area contributed by atoms with Crippen LogP contribution in [0.3, 0.4) is 0 Å². The Hall–Kier alpha value is -1.77. The number of rotatable bonds is 0. The lowest BCUT2D eigenvalue weighted by molar-refractivity contribution is 1.19. The first-order valence-corrected chi connectivity index (χ1v) is 3.73. The molecule has 0 N–H and O–H groups in total. The number of nitrogens with zero attached hydrogens (tertiary/aromatic N) is 3. The molecule has 0 radical (unpaired) electrons. The van der Waals surface area contributed by atoms with Crippen LogP contribution in [0.1, 0.15) is 5.56 Å². The van der Waals surface area contributed by atoms with E-state index in [0.29, 0.717) is 0 Å². The first-order chi connectivity index (χ1) is 5.95. The lowest BCUT2D eigenvalue weighted by atomic mass is 10.2. The molecule has 0 aliphatic carbocycles. The van der Waals surface area contributed by atoms with Crippen molar-refractivity contribution in [3.63, 3.8) is 0 Å². The predicted molar refractivity (Wildman–Crippen MR) is 46.7 cm³/mol. The molecule has 12 heavy (non-hydrogen) atoms. The van der Waals surface area contributed by atoms with E-state index in [1.54, 1.807) is 18.6 Å². The molecular weight excluding hydrogens is 150 g/mol. The largest absolute Gasteiger partial charge is 0.255 e.